The van der Waals surface area contributed by atoms with Gasteiger partial charge in [0.1, 0.15) is 0 Å². The molecule has 0 heterocycles. The van der Waals surface area contributed by atoms with Gasteiger partial charge in [-0.3, -0.25) is 4.79 Å². The topological polar surface area (TPSA) is 61.1 Å². The number of hydrogen-bond donors (Lipinski definition) is 1. The Bertz CT molecular complexity index is 269. The highest BCUT2D eigenvalue weighted by Gasteiger charge is 2.59. The van der Waals surface area contributed by atoms with Crippen molar-refractivity contribution in [2.45, 2.75) is 51.9 Å². The average molecular weight is 209 g/mol. The summed E-state index contributed by atoms with van der Waals surface area (Å²) in [6.45, 7) is 2.14. The van der Waals surface area contributed by atoms with Crippen molar-refractivity contribution in [2.75, 3.05) is 0 Å². The second-order valence-corrected chi connectivity index (χ2v) is 4.54. The summed E-state index contributed by atoms with van der Waals surface area (Å²) in [5, 5.41) is 17.7. The van der Waals surface area contributed by atoms with Crippen LogP contribution in [0.3, 0.4) is 0 Å². The molecule has 0 aromatic rings. The Labute approximate surface area is 91.1 Å². The first-order chi connectivity index (χ1) is 7.17. The van der Waals surface area contributed by atoms with E-state index in [9.17, 15) is 4.79 Å². The molecule has 3 nitrogen and oxygen atoms in total. The zero-order valence-corrected chi connectivity index (χ0v) is 9.33. The lowest BCUT2D eigenvalue weighted by Gasteiger charge is -2.10. The first-order valence-electron chi connectivity index (χ1n) is 5.77. The third-order valence-corrected chi connectivity index (χ3v) is 3.47. The fraction of sp³-hybridized carbons (Fsp3) is 0.833. The molecule has 84 valence electrons. The molecule has 1 aliphatic rings. The van der Waals surface area contributed by atoms with Crippen molar-refractivity contribution in [1.29, 1.82) is 5.26 Å². The molecule has 0 saturated heterocycles. The first-order valence-corrected chi connectivity index (χ1v) is 5.77. The Kier molecular flexibility index (Phi) is 4.14. The summed E-state index contributed by atoms with van der Waals surface area (Å²) in [7, 11) is 0. The third-order valence-electron chi connectivity index (χ3n) is 3.47. The summed E-state index contributed by atoms with van der Waals surface area (Å²) < 4.78 is 0. The van der Waals surface area contributed by atoms with E-state index in [2.05, 4.69) is 13.0 Å². The molecule has 0 bridgehead atoms. The molecule has 1 rings (SSSR count). The highest BCUT2D eigenvalue weighted by Crippen LogP contribution is 2.57. The monoisotopic (exact) mass is 209 g/mol. The number of aliphatic carboxylic acids is 1. The van der Waals surface area contributed by atoms with Crippen LogP contribution in [0, 0.1) is 22.7 Å². The Balaban J connectivity index is 2.35. The zero-order chi connectivity index (χ0) is 11.3. The van der Waals surface area contributed by atoms with Crippen LogP contribution in [0.1, 0.15) is 51.9 Å². The number of nitrogens with zero attached hydrogens (tertiary/aromatic N) is 1. The number of carbonyl (C=O) groups is 1. The van der Waals surface area contributed by atoms with E-state index in [4.69, 9.17) is 10.4 Å². The molecule has 0 spiro atoms. The molecular formula is C12H19NO2. The van der Waals surface area contributed by atoms with Gasteiger partial charge in [-0.2, -0.15) is 5.26 Å². The lowest BCUT2D eigenvalue weighted by atomic mass is 9.94. The number of rotatable bonds is 7. The SMILES string of the molecule is CCCCCCC1(C(=O)O)CC1CC#N. The van der Waals surface area contributed by atoms with Gasteiger partial charge in [-0.25, -0.2) is 0 Å². The smallest absolute Gasteiger partial charge is 0.309 e. The van der Waals surface area contributed by atoms with Gasteiger partial charge in [0.05, 0.1) is 11.5 Å². The fourth-order valence-electron chi connectivity index (χ4n) is 2.30. The van der Waals surface area contributed by atoms with Gasteiger partial charge < -0.3 is 5.11 Å². The Morgan fingerprint density at radius 3 is 2.80 bits per heavy atom. The molecule has 1 saturated carbocycles. The molecule has 1 N–H and O–H groups in total. The fourth-order valence-corrected chi connectivity index (χ4v) is 2.30. The van der Waals surface area contributed by atoms with Gasteiger partial charge >= 0.3 is 5.97 Å². The molecule has 1 fully saturated rings. The predicted molar refractivity (Wildman–Crippen MR) is 57.2 cm³/mol. The molecule has 0 aromatic heterocycles. The van der Waals surface area contributed by atoms with Crippen LogP contribution in [0.5, 0.6) is 0 Å². The second-order valence-electron chi connectivity index (χ2n) is 4.54. The molecular weight excluding hydrogens is 190 g/mol. The summed E-state index contributed by atoms with van der Waals surface area (Å²) in [6, 6.07) is 2.08. The van der Waals surface area contributed by atoms with E-state index in [0.717, 1.165) is 19.3 Å². The normalized spacial score (nSPS) is 28.4. The van der Waals surface area contributed by atoms with Crippen LogP contribution in [0.15, 0.2) is 0 Å². The number of hydrogen-bond acceptors (Lipinski definition) is 2. The van der Waals surface area contributed by atoms with Crippen molar-refractivity contribution in [1.82, 2.24) is 0 Å². The van der Waals surface area contributed by atoms with E-state index < -0.39 is 11.4 Å². The first kappa shape index (κ1) is 12.0. The predicted octanol–water partition coefficient (Wildman–Crippen LogP) is 2.96. The lowest BCUT2D eigenvalue weighted by Crippen LogP contribution is -2.17. The summed E-state index contributed by atoms with van der Waals surface area (Å²) in [5.41, 5.74) is -0.538. The van der Waals surface area contributed by atoms with Crippen molar-refractivity contribution >= 4 is 5.97 Å². The molecule has 1 aliphatic carbocycles. The van der Waals surface area contributed by atoms with Gasteiger partial charge in [0.15, 0.2) is 0 Å². The van der Waals surface area contributed by atoms with Crippen LogP contribution in [0.4, 0.5) is 0 Å². The van der Waals surface area contributed by atoms with Gasteiger partial charge in [0.2, 0.25) is 0 Å². The summed E-state index contributed by atoms with van der Waals surface area (Å²) in [4.78, 5) is 11.1. The molecule has 0 amide bonds. The van der Waals surface area contributed by atoms with Crippen molar-refractivity contribution in [3.05, 3.63) is 0 Å². The standard InChI is InChI=1S/C12H19NO2/c1-2-3-4-5-7-12(11(14)15)9-10(12)6-8-13/h10H,2-7,9H2,1H3,(H,14,15). The average Bonchev–Trinajstić information content (AvgIpc) is 2.89. The van der Waals surface area contributed by atoms with Crippen molar-refractivity contribution in [3.63, 3.8) is 0 Å². The van der Waals surface area contributed by atoms with Gasteiger partial charge in [0, 0.05) is 6.42 Å². The molecule has 0 aromatic carbocycles. The van der Waals surface area contributed by atoms with Crippen molar-refractivity contribution in [2.24, 2.45) is 11.3 Å². The minimum atomic E-state index is -0.695. The van der Waals surface area contributed by atoms with E-state index in [1.807, 2.05) is 0 Å². The number of carboxylic acids is 1. The van der Waals surface area contributed by atoms with Gasteiger partial charge in [-0.1, -0.05) is 32.6 Å². The summed E-state index contributed by atoms with van der Waals surface area (Å²) >= 11 is 0. The molecule has 2 atom stereocenters. The van der Waals surface area contributed by atoms with E-state index in [1.165, 1.54) is 12.8 Å². The quantitative estimate of drug-likeness (QED) is 0.656. The molecule has 2 unspecified atom stereocenters. The highest BCUT2D eigenvalue weighted by molar-refractivity contribution is 5.78. The van der Waals surface area contributed by atoms with Crippen LogP contribution in [0.25, 0.3) is 0 Å². The van der Waals surface area contributed by atoms with Gasteiger partial charge in [-0.05, 0) is 18.8 Å². The van der Waals surface area contributed by atoms with Crippen molar-refractivity contribution in [3.8, 4) is 6.07 Å². The summed E-state index contributed by atoms with van der Waals surface area (Å²) in [6.07, 6.45) is 6.32. The minimum Gasteiger partial charge on any atom is -0.481 e. The Morgan fingerprint density at radius 2 is 2.27 bits per heavy atom. The molecule has 0 aliphatic heterocycles. The second kappa shape index (κ2) is 5.16. The van der Waals surface area contributed by atoms with Crippen molar-refractivity contribution < 1.29 is 9.90 Å². The maximum atomic E-state index is 11.1. The minimum absolute atomic E-state index is 0.113. The zero-order valence-electron chi connectivity index (χ0n) is 9.33. The van der Waals surface area contributed by atoms with Gasteiger partial charge in [-0.15, -0.1) is 0 Å². The largest absolute Gasteiger partial charge is 0.481 e. The summed E-state index contributed by atoms with van der Waals surface area (Å²) in [5.74, 6) is -0.583. The lowest BCUT2D eigenvalue weighted by molar-refractivity contribution is -0.144. The maximum absolute atomic E-state index is 11.1. The molecule has 0 radical (unpaired) electrons. The number of carboxylic acid groups (broad SMARTS) is 1. The number of nitriles is 1. The van der Waals surface area contributed by atoms with E-state index in [1.54, 1.807) is 0 Å². The van der Waals surface area contributed by atoms with E-state index in [-0.39, 0.29) is 5.92 Å². The Morgan fingerprint density at radius 1 is 1.53 bits per heavy atom. The Hall–Kier alpha value is -1.04. The third kappa shape index (κ3) is 2.71. The number of unbranched alkanes of at least 4 members (excludes halogenated alkanes) is 3. The maximum Gasteiger partial charge on any atom is 0.309 e. The molecule has 15 heavy (non-hydrogen) atoms. The van der Waals surface area contributed by atoms with Crippen LogP contribution >= 0.6 is 0 Å². The van der Waals surface area contributed by atoms with Crippen LogP contribution in [-0.2, 0) is 4.79 Å². The van der Waals surface area contributed by atoms with Gasteiger partial charge in [0.25, 0.3) is 0 Å². The van der Waals surface area contributed by atoms with Crippen LogP contribution in [-0.4, -0.2) is 11.1 Å². The van der Waals surface area contributed by atoms with Crippen LogP contribution < -0.4 is 0 Å². The molecule has 3 heteroatoms. The van der Waals surface area contributed by atoms with E-state index >= 15 is 0 Å². The highest BCUT2D eigenvalue weighted by atomic mass is 16.4. The van der Waals surface area contributed by atoms with Crippen LogP contribution in [0.2, 0.25) is 0 Å². The van der Waals surface area contributed by atoms with E-state index in [0.29, 0.717) is 12.8 Å².